The second-order valence-corrected chi connectivity index (χ2v) is 8.56. The van der Waals surface area contributed by atoms with Crippen molar-refractivity contribution in [2.45, 2.75) is 75.2 Å². The minimum absolute atomic E-state index is 0.0651. The van der Waals surface area contributed by atoms with E-state index in [9.17, 15) is 4.79 Å². The molecule has 1 atom stereocenters. The fourth-order valence-electron chi connectivity index (χ4n) is 3.18. The van der Waals surface area contributed by atoms with Gasteiger partial charge in [-0.15, -0.1) is 10.2 Å². The summed E-state index contributed by atoms with van der Waals surface area (Å²) in [7, 11) is 0. The Morgan fingerprint density at radius 2 is 1.81 bits per heavy atom. The van der Waals surface area contributed by atoms with Gasteiger partial charge in [-0.25, -0.2) is 0 Å². The molecule has 1 saturated carbocycles. The molecule has 0 saturated heterocycles. The van der Waals surface area contributed by atoms with Crippen LogP contribution in [-0.2, 0) is 4.79 Å². The molecule has 0 unspecified atom stereocenters. The molecule has 1 aliphatic carbocycles. The molecular weight excluding hydrogens is 346 g/mol. The fraction of sp³-hybridized carbons (Fsp3) is 0.550. The summed E-state index contributed by atoms with van der Waals surface area (Å²) in [4.78, 5) is 12.4. The first-order chi connectivity index (χ1) is 12.5. The van der Waals surface area contributed by atoms with Gasteiger partial charge in [-0.1, -0.05) is 57.0 Å². The van der Waals surface area contributed by atoms with Crippen LogP contribution in [0.2, 0.25) is 0 Å². The lowest BCUT2D eigenvalue weighted by Gasteiger charge is -2.17. The summed E-state index contributed by atoms with van der Waals surface area (Å²) in [6.07, 6.45) is 5.99. The van der Waals surface area contributed by atoms with Crippen LogP contribution < -0.4 is 5.32 Å². The molecule has 6 heteroatoms. The van der Waals surface area contributed by atoms with Crippen molar-refractivity contribution >= 4 is 23.4 Å². The van der Waals surface area contributed by atoms with Crippen LogP contribution in [-0.4, -0.2) is 21.4 Å². The van der Waals surface area contributed by atoms with Crippen molar-refractivity contribution in [1.29, 1.82) is 0 Å². The third kappa shape index (κ3) is 4.87. The summed E-state index contributed by atoms with van der Waals surface area (Å²) >= 11 is 1.31. The van der Waals surface area contributed by atoms with Crippen LogP contribution in [0.4, 0.5) is 5.69 Å². The molecular formula is C20H27N3O2S. The molecule has 1 fully saturated rings. The number of nitrogens with zero attached hydrogens (tertiary/aromatic N) is 2. The third-order valence-electron chi connectivity index (χ3n) is 4.87. The summed E-state index contributed by atoms with van der Waals surface area (Å²) in [5.41, 5.74) is 2.06. The SMILES string of the molecule is CC(C)c1ccc(NC(=O)[C@H](C)Sc2nnc(C3CCCCC3)o2)cc1. The lowest BCUT2D eigenvalue weighted by molar-refractivity contribution is -0.115. The van der Waals surface area contributed by atoms with E-state index in [1.54, 1.807) is 0 Å². The highest BCUT2D eigenvalue weighted by Crippen LogP contribution is 2.33. The van der Waals surface area contributed by atoms with Crippen molar-refractivity contribution in [3.05, 3.63) is 35.7 Å². The van der Waals surface area contributed by atoms with Crippen molar-refractivity contribution in [2.75, 3.05) is 5.32 Å². The van der Waals surface area contributed by atoms with Crippen molar-refractivity contribution < 1.29 is 9.21 Å². The highest BCUT2D eigenvalue weighted by Gasteiger charge is 2.23. The van der Waals surface area contributed by atoms with Crippen molar-refractivity contribution in [3.63, 3.8) is 0 Å². The second-order valence-electron chi connectivity index (χ2n) is 7.27. The molecule has 1 amide bonds. The van der Waals surface area contributed by atoms with Gasteiger partial charge in [0.1, 0.15) is 0 Å². The Labute approximate surface area is 159 Å². The number of rotatable bonds is 6. The number of anilines is 1. The zero-order valence-corrected chi connectivity index (χ0v) is 16.5. The van der Waals surface area contributed by atoms with Crippen molar-refractivity contribution in [2.24, 2.45) is 0 Å². The first kappa shape index (κ1) is 19.0. The van der Waals surface area contributed by atoms with E-state index in [0.717, 1.165) is 24.4 Å². The van der Waals surface area contributed by atoms with E-state index in [1.165, 1.54) is 36.6 Å². The Morgan fingerprint density at radius 3 is 2.46 bits per heavy atom. The molecule has 140 valence electrons. The summed E-state index contributed by atoms with van der Waals surface area (Å²) in [5.74, 6) is 1.52. The maximum atomic E-state index is 12.4. The molecule has 0 aliphatic heterocycles. The van der Waals surface area contributed by atoms with E-state index in [1.807, 2.05) is 31.2 Å². The first-order valence-electron chi connectivity index (χ1n) is 9.44. The van der Waals surface area contributed by atoms with Crippen LogP contribution in [0.25, 0.3) is 0 Å². The van der Waals surface area contributed by atoms with Gasteiger partial charge in [0.15, 0.2) is 0 Å². The Bertz CT molecular complexity index is 721. The maximum Gasteiger partial charge on any atom is 0.277 e. The summed E-state index contributed by atoms with van der Waals surface area (Å²) in [6, 6.07) is 7.98. The van der Waals surface area contributed by atoms with Crippen LogP contribution in [0, 0.1) is 0 Å². The molecule has 0 bridgehead atoms. The van der Waals surface area contributed by atoms with Gasteiger partial charge in [0, 0.05) is 11.6 Å². The normalized spacial score (nSPS) is 16.6. The van der Waals surface area contributed by atoms with Crippen molar-refractivity contribution in [1.82, 2.24) is 10.2 Å². The smallest absolute Gasteiger partial charge is 0.277 e. The number of nitrogens with one attached hydrogen (secondary N) is 1. The molecule has 1 aliphatic rings. The Balaban J connectivity index is 1.54. The number of amides is 1. The van der Waals surface area contributed by atoms with E-state index < -0.39 is 0 Å². The zero-order valence-electron chi connectivity index (χ0n) is 15.7. The molecule has 0 radical (unpaired) electrons. The first-order valence-corrected chi connectivity index (χ1v) is 10.3. The van der Waals surface area contributed by atoms with Gasteiger partial charge >= 0.3 is 0 Å². The molecule has 26 heavy (non-hydrogen) atoms. The number of hydrogen-bond donors (Lipinski definition) is 1. The predicted octanol–water partition coefficient (Wildman–Crippen LogP) is 5.36. The minimum Gasteiger partial charge on any atom is -0.416 e. The molecule has 1 aromatic carbocycles. The number of thioether (sulfide) groups is 1. The van der Waals surface area contributed by atoms with Gasteiger partial charge < -0.3 is 9.73 Å². The molecule has 2 aromatic rings. The standard InChI is InChI=1S/C20H27N3O2S/c1-13(2)15-9-11-17(12-10-15)21-18(24)14(3)26-20-23-22-19(25-20)16-7-5-4-6-8-16/h9-14,16H,4-8H2,1-3H3,(H,21,24)/t14-/m0/s1. The topological polar surface area (TPSA) is 68.0 Å². The number of carbonyl (C=O) groups excluding carboxylic acids is 1. The van der Waals surface area contributed by atoms with E-state index in [4.69, 9.17) is 4.42 Å². The number of aromatic nitrogens is 2. The lowest BCUT2D eigenvalue weighted by Crippen LogP contribution is -2.22. The monoisotopic (exact) mass is 373 g/mol. The van der Waals surface area contributed by atoms with Gasteiger partial charge in [-0.05, 0) is 43.4 Å². The minimum atomic E-state index is -0.306. The van der Waals surface area contributed by atoms with Gasteiger partial charge in [0.25, 0.3) is 5.22 Å². The number of hydrogen-bond acceptors (Lipinski definition) is 5. The van der Waals surface area contributed by atoms with Gasteiger partial charge in [-0.2, -0.15) is 0 Å². The molecule has 1 heterocycles. The summed E-state index contributed by atoms with van der Waals surface area (Å²) in [5, 5.41) is 11.4. The lowest BCUT2D eigenvalue weighted by atomic mass is 9.89. The molecule has 1 N–H and O–H groups in total. The average molecular weight is 374 g/mol. The quantitative estimate of drug-likeness (QED) is 0.690. The Kier molecular flexibility index (Phi) is 6.35. The van der Waals surface area contributed by atoms with Gasteiger partial charge in [0.2, 0.25) is 11.8 Å². The van der Waals surface area contributed by atoms with Gasteiger partial charge in [0.05, 0.1) is 5.25 Å². The molecule has 3 rings (SSSR count). The van der Waals surface area contributed by atoms with E-state index in [-0.39, 0.29) is 11.2 Å². The van der Waals surface area contributed by atoms with Crippen LogP contribution in [0.1, 0.15) is 76.2 Å². The van der Waals surface area contributed by atoms with Crippen LogP contribution in [0.5, 0.6) is 0 Å². The van der Waals surface area contributed by atoms with E-state index in [0.29, 0.717) is 17.1 Å². The molecule has 1 aromatic heterocycles. The largest absolute Gasteiger partial charge is 0.416 e. The Hall–Kier alpha value is -1.82. The number of carbonyl (C=O) groups is 1. The number of benzene rings is 1. The van der Waals surface area contributed by atoms with Crippen LogP contribution in [0.15, 0.2) is 33.9 Å². The zero-order chi connectivity index (χ0) is 18.5. The van der Waals surface area contributed by atoms with E-state index >= 15 is 0 Å². The second kappa shape index (κ2) is 8.71. The van der Waals surface area contributed by atoms with E-state index in [2.05, 4.69) is 29.4 Å². The predicted molar refractivity (Wildman–Crippen MR) is 105 cm³/mol. The molecule has 0 spiro atoms. The third-order valence-corrected chi connectivity index (χ3v) is 5.80. The summed E-state index contributed by atoms with van der Waals surface area (Å²) in [6.45, 7) is 6.16. The Morgan fingerprint density at radius 1 is 1.12 bits per heavy atom. The molecule has 5 nitrogen and oxygen atoms in total. The highest BCUT2D eigenvalue weighted by atomic mass is 32.2. The van der Waals surface area contributed by atoms with Crippen LogP contribution in [0.3, 0.4) is 0 Å². The highest BCUT2D eigenvalue weighted by molar-refractivity contribution is 8.00. The summed E-state index contributed by atoms with van der Waals surface area (Å²) < 4.78 is 5.80. The average Bonchev–Trinajstić information content (AvgIpc) is 3.11. The van der Waals surface area contributed by atoms with Gasteiger partial charge in [-0.3, -0.25) is 4.79 Å². The van der Waals surface area contributed by atoms with Crippen molar-refractivity contribution in [3.8, 4) is 0 Å². The van der Waals surface area contributed by atoms with Crippen LogP contribution >= 0.6 is 11.8 Å². The maximum absolute atomic E-state index is 12.4. The fourth-order valence-corrected chi connectivity index (χ4v) is 3.87.